The van der Waals surface area contributed by atoms with Crippen molar-refractivity contribution in [2.45, 2.75) is 78.0 Å². The second-order valence-corrected chi connectivity index (χ2v) is 6.58. The molecule has 1 heterocycles. The summed E-state index contributed by atoms with van der Waals surface area (Å²) in [6.45, 7) is 10.8. The smallest absolute Gasteiger partial charge is 0.244 e. The number of carbonyl (C=O) groups is 1. The van der Waals surface area contributed by atoms with E-state index in [2.05, 4.69) is 44.8 Å². The van der Waals surface area contributed by atoms with E-state index in [1.807, 2.05) is 0 Å². The predicted molar refractivity (Wildman–Crippen MR) is 74.1 cm³/mol. The summed E-state index contributed by atoms with van der Waals surface area (Å²) in [5.41, 5.74) is -0.339. The van der Waals surface area contributed by atoms with Crippen molar-refractivity contribution in [1.82, 2.24) is 10.2 Å². The second-order valence-electron chi connectivity index (χ2n) is 6.58. The van der Waals surface area contributed by atoms with E-state index in [1.165, 1.54) is 19.3 Å². The van der Waals surface area contributed by atoms with Gasteiger partial charge < -0.3 is 4.90 Å². The zero-order valence-corrected chi connectivity index (χ0v) is 12.5. The topological polar surface area (TPSA) is 32.3 Å². The minimum absolute atomic E-state index is 0.231. The van der Waals surface area contributed by atoms with Crippen LogP contribution in [0.25, 0.3) is 0 Å². The highest BCUT2D eigenvalue weighted by molar-refractivity contribution is 5.89. The van der Waals surface area contributed by atoms with E-state index in [0.29, 0.717) is 17.9 Å². The Balaban J connectivity index is 2.14. The molecule has 2 fully saturated rings. The van der Waals surface area contributed by atoms with Crippen molar-refractivity contribution in [1.29, 1.82) is 0 Å². The first kappa shape index (κ1) is 13.9. The zero-order valence-electron chi connectivity index (χ0n) is 12.5. The minimum atomic E-state index is -0.339. The molecule has 3 nitrogen and oxygen atoms in total. The average molecular weight is 252 g/mol. The van der Waals surface area contributed by atoms with Gasteiger partial charge in [0, 0.05) is 6.04 Å². The Kier molecular flexibility index (Phi) is 3.72. The van der Waals surface area contributed by atoms with Crippen LogP contribution in [0.5, 0.6) is 0 Å². The van der Waals surface area contributed by atoms with Crippen LogP contribution in [0, 0.1) is 11.8 Å². The molecule has 0 bridgehead atoms. The summed E-state index contributed by atoms with van der Waals surface area (Å²) in [6, 6.07) is 0.505. The van der Waals surface area contributed by atoms with Crippen LogP contribution in [-0.4, -0.2) is 28.6 Å². The van der Waals surface area contributed by atoms with Crippen molar-refractivity contribution in [3.63, 3.8) is 0 Å². The third-order valence-corrected chi connectivity index (χ3v) is 4.71. The van der Waals surface area contributed by atoms with E-state index in [-0.39, 0.29) is 11.7 Å². The number of hydrogen-bond acceptors (Lipinski definition) is 2. The number of hydrogen-bond donors (Lipinski definition) is 1. The summed E-state index contributed by atoms with van der Waals surface area (Å²) in [5, 5.41) is 3.58. The Bertz CT molecular complexity index is 328. The van der Waals surface area contributed by atoms with Gasteiger partial charge in [-0.2, -0.15) is 0 Å². The van der Waals surface area contributed by atoms with E-state index in [9.17, 15) is 4.79 Å². The average Bonchev–Trinajstić information content (AvgIpc) is 3.01. The molecule has 0 aromatic carbocycles. The van der Waals surface area contributed by atoms with Crippen molar-refractivity contribution >= 4 is 5.91 Å². The zero-order chi connectivity index (χ0) is 13.5. The molecule has 18 heavy (non-hydrogen) atoms. The Morgan fingerprint density at radius 2 is 2.11 bits per heavy atom. The van der Waals surface area contributed by atoms with Crippen LogP contribution in [0.1, 0.15) is 60.3 Å². The molecule has 3 heteroatoms. The fourth-order valence-corrected chi connectivity index (χ4v) is 3.22. The Morgan fingerprint density at radius 1 is 1.44 bits per heavy atom. The molecular formula is C15H28N2O. The molecule has 0 aromatic rings. The van der Waals surface area contributed by atoms with Gasteiger partial charge in [0.1, 0.15) is 0 Å². The van der Waals surface area contributed by atoms with E-state index < -0.39 is 0 Å². The highest BCUT2D eigenvalue weighted by Crippen LogP contribution is 2.44. The largest absolute Gasteiger partial charge is 0.322 e. The standard InChI is InChI=1S/C15H28N2O/c1-6-8-11-9-12(11)17-13(10(3)4)16-15(5,7-2)14(17)18/h10-13,16H,6-9H2,1-5H3. The van der Waals surface area contributed by atoms with Crippen molar-refractivity contribution < 1.29 is 4.79 Å². The first-order valence-corrected chi connectivity index (χ1v) is 7.55. The molecule has 4 unspecified atom stereocenters. The third kappa shape index (κ3) is 2.18. The van der Waals surface area contributed by atoms with E-state index in [1.54, 1.807) is 0 Å². The van der Waals surface area contributed by atoms with Gasteiger partial charge in [0.2, 0.25) is 5.91 Å². The first-order valence-electron chi connectivity index (χ1n) is 7.55. The SMILES string of the molecule is CCCC1CC1N1C(=O)C(C)(CC)NC1C(C)C. The van der Waals surface area contributed by atoms with Crippen molar-refractivity contribution in [2.75, 3.05) is 0 Å². The van der Waals surface area contributed by atoms with Gasteiger partial charge >= 0.3 is 0 Å². The van der Waals surface area contributed by atoms with Gasteiger partial charge in [-0.25, -0.2) is 0 Å². The summed E-state index contributed by atoms with van der Waals surface area (Å²) >= 11 is 0. The summed E-state index contributed by atoms with van der Waals surface area (Å²) in [5.74, 6) is 1.55. The lowest BCUT2D eigenvalue weighted by Crippen LogP contribution is -2.45. The van der Waals surface area contributed by atoms with Crippen molar-refractivity contribution in [3.8, 4) is 0 Å². The number of amides is 1. The van der Waals surface area contributed by atoms with Crippen molar-refractivity contribution in [2.24, 2.45) is 11.8 Å². The minimum Gasteiger partial charge on any atom is -0.322 e. The second kappa shape index (κ2) is 4.84. The molecule has 2 aliphatic rings. The van der Waals surface area contributed by atoms with E-state index in [0.717, 1.165) is 12.3 Å². The third-order valence-electron chi connectivity index (χ3n) is 4.71. The highest BCUT2D eigenvalue weighted by atomic mass is 16.2. The molecule has 4 atom stereocenters. The maximum Gasteiger partial charge on any atom is 0.244 e. The van der Waals surface area contributed by atoms with Crippen LogP contribution in [-0.2, 0) is 4.79 Å². The predicted octanol–water partition coefficient (Wildman–Crippen LogP) is 2.76. The molecule has 1 amide bonds. The van der Waals surface area contributed by atoms with Crippen LogP contribution >= 0.6 is 0 Å². The van der Waals surface area contributed by atoms with Gasteiger partial charge in [0.15, 0.2) is 0 Å². The van der Waals surface area contributed by atoms with Crippen LogP contribution in [0.2, 0.25) is 0 Å². The molecular weight excluding hydrogens is 224 g/mol. The molecule has 1 saturated carbocycles. The molecule has 104 valence electrons. The monoisotopic (exact) mass is 252 g/mol. The molecule has 0 aromatic heterocycles. The van der Waals surface area contributed by atoms with E-state index >= 15 is 0 Å². The van der Waals surface area contributed by atoms with Crippen LogP contribution in [0.3, 0.4) is 0 Å². The molecule has 1 saturated heterocycles. The van der Waals surface area contributed by atoms with Crippen LogP contribution in [0.4, 0.5) is 0 Å². The van der Waals surface area contributed by atoms with Gasteiger partial charge in [-0.1, -0.05) is 34.1 Å². The fourth-order valence-electron chi connectivity index (χ4n) is 3.22. The van der Waals surface area contributed by atoms with Gasteiger partial charge in [-0.3, -0.25) is 10.1 Å². The maximum atomic E-state index is 12.7. The van der Waals surface area contributed by atoms with Crippen LogP contribution in [0.15, 0.2) is 0 Å². The van der Waals surface area contributed by atoms with Gasteiger partial charge in [-0.15, -0.1) is 0 Å². The quantitative estimate of drug-likeness (QED) is 0.816. The number of nitrogens with one attached hydrogen (secondary N) is 1. The summed E-state index contributed by atoms with van der Waals surface area (Å²) in [6.07, 6.45) is 4.81. The fraction of sp³-hybridized carbons (Fsp3) is 0.933. The molecule has 1 aliphatic carbocycles. The lowest BCUT2D eigenvalue weighted by molar-refractivity contribution is -0.134. The summed E-state index contributed by atoms with van der Waals surface area (Å²) < 4.78 is 0. The van der Waals surface area contributed by atoms with Gasteiger partial charge in [-0.05, 0) is 38.0 Å². The molecule has 2 rings (SSSR count). The Morgan fingerprint density at radius 3 is 2.61 bits per heavy atom. The summed E-state index contributed by atoms with van der Waals surface area (Å²) in [7, 11) is 0. The number of rotatable bonds is 5. The van der Waals surface area contributed by atoms with E-state index in [4.69, 9.17) is 0 Å². The number of carbonyl (C=O) groups excluding carboxylic acids is 1. The maximum absolute atomic E-state index is 12.7. The Labute approximate surface area is 111 Å². The molecule has 1 N–H and O–H groups in total. The summed E-state index contributed by atoms with van der Waals surface area (Å²) in [4.78, 5) is 14.8. The van der Waals surface area contributed by atoms with Crippen molar-refractivity contribution in [3.05, 3.63) is 0 Å². The Hall–Kier alpha value is -0.570. The molecule has 1 aliphatic heterocycles. The van der Waals surface area contributed by atoms with Gasteiger partial charge in [0.25, 0.3) is 0 Å². The normalized spacial score (nSPS) is 39.8. The lowest BCUT2D eigenvalue weighted by atomic mass is 9.99. The van der Waals surface area contributed by atoms with Crippen LogP contribution < -0.4 is 5.32 Å². The lowest BCUT2D eigenvalue weighted by Gasteiger charge is -2.27. The van der Waals surface area contributed by atoms with Gasteiger partial charge in [0.05, 0.1) is 11.7 Å². The molecule has 0 spiro atoms. The molecule has 0 radical (unpaired) electrons. The number of nitrogens with zero attached hydrogens (tertiary/aromatic N) is 1. The first-order chi connectivity index (χ1) is 8.44. The highest BCUT2D eigenvalue weighted by Gasteiger charge is 2.55.